The van der Waals surface area contributed by atoms with Crippen molar-refractivity contribution in [3.05, 3.63) is 0 Å². The SMILES string of the molecule is CCOC(=O)CC1(CC(=O)OCC)SCCS1. The van der Waals surface area contributed by atoms with E-state index in [1.807, 2.05) is 0 Å². The second-order valence-electron chi connectivity index (χ2n) is 3.57. The van der Waals surface area contributed by atoms with Gasteiger partial charge in [-0.1, -0.05) is 0 Å². The van der Waals surface area contributed by atoms with E-state index in [2.05, 4.69) is 0 Å². The van der Waals surface area contributed by atoms with Gasteiger partial charge in [-0.05, 0) is 13.8 Å². The number of hydrogen-bond acceptors (Lipinski definition) is 6. The van der Waals surface area contributed by atoms with Crippen molar-refractivity contribution in [2.24, 2.45) is 0 Å². The van der Waals surface area contributed by atoms with Gasteiger partial charge in [0.2, 0.25) is 0 Å². The van der Waals surface area contributed by atoms with Crippen molar-refractivity contribution in [2.75, 3.05) is 24.7 Å². The van der Waals surface area contributed by atoms with Crippen LogP contribution >= 0.6 is 23.5 Å². The van der Waals surface area contributed by atoms with Crippen molar-refractivity contribution in [3.8, 4) is 0 Å². The fourth-order valence-electron chi connectivity index (χ4n) is 1.63. The molecule has 0 amide bonds. The highest BCUT2D eigenvalue weighted by molar-refractivity contribution is 8.21. The first-order valence-electron chi connectivity index (χ1n) is 5.71. The molecule has 0 spiro atoms. The Morgan fingerprint density at radius 3 is 1.76 bits per heavy atom. The zero-order chi connectivity index (χ0) is 12.7. The van der Waals surface area contributed by atoms with Crippen molar-refractivity contribution in [2.45, 2.75) is 30.8 Å². The summed E-state index contributed by atoms with van der Waals surface area (Å²) in [6.45, 7) is 4.32. The second kappa shape index (κ2) is 7.16. The van der Waals surface area contributed by atoms with Gasteiger partial charge in [-0.25, -0.2) is 0 Å². The Hall–Kier alpha value is -0.360. The first-order valence-corrected chi connectivity index (χ1v) is 7.68. The zero-order valence-electron chi connectivity index (χ0n) is 10.2. The number of ether oxygens (including phenoxy) is 2. The normalized spacial score (nSPS) is 17.8. The summed E-state index contributed by atoms with van der Waals surface area (Å²) in [5.74, 6) is 1.45. The molecule has 0 radical (unpaired) electrons. The number of carbonyl (C=O) groups excluding carboxylic acids is 2. The maximum Gasteiger partial charge on any atom is 0.308 e. The molecule has 0 aromatic rings. The van der Waals surface area contributed by atoms with E-state index in [0.717, 1.165) is 11.5 Å². The van der Waals surface area contributed by atoms with Crippen LogP contribution in [0, 0.1) is 0 Å². The minimum atomic E-state index is -0.376. The van der Waals surface area contributed by atoms with E-state index >= 15 is 0 Å². The maximum absolute atomic E-state index is 11.5. The van der Waals surface area contributed by atoms with E-state index in [1.165, 1.54) is 0 Å². The lowest BCUT2D eigenvalue weighted by molar-refractivity contribution is -0.145. The molecule has 4 nitrogen and oxygen atoms in total. The average molecular weight is 278 g/mol. The lowest BCUT2D eigenvalue weighted by Gasteiger charge is -2.24. The van der Waals surface area contributed by atoms with Gasteiger partial charge in [0.15, 0.2) is 0 Å². The summed E-state index contributed by atoms with van der Waals surface area (Å²) in [4.78, 5) is 23.1. The minimum absolute atomic E-state index is 0.237. The second-order valence-corrected chi connectivity index (χ2v) is 6.79. The molecule has 0 aromatic heterocycles. The molecule has 1 fully saturated rings. The molecule has 1 heterocycles. The quantitative estimate of drug-likeness (QED) is 0.693. The molecule has 0 bridgehead atoms. The Labute approximate surface area is 110 Å². The van der Waals surface area contributed by atoms with Gasteiger partial charge in [0.05, 0.1) is 30.1 Å². The third kappa shape index (κ3) is 4.79. The predicted octanol–water partition coefficient (Wildman–Crippen LogP) is 2.07. The van der Waals surface area contributed by atoms with E-state index in [4.69, 9.17) is 9.47 Å². The maximum atomic E-state index is 11.5. The van der Waals surface area contributed by atoms with E-state index in [-0.39, 0.29) is 28.9 Å². The molecule has 0 aliphatic carbocycles. The Morgan fingerprint density at radius 1 is 1.00 bits per heavy atom. The number of hydrogen-bond donors (Lipinski definition) is 0. The van der Waals surface area contributed by atoms with Crippen molar-refractivity contribution in [3.63, 3.8) is 0 Å². The minimum Gasteiger partial charge on any atom is -0.466 e. The van der Waals surface area contributed by atoms with Crippen molar-refractivity contribution in [1.29, 1.82) is 0 Å². The molecule has 0 atom stereocenters. The van der Waals surface area contributed by atoms with Crippen LogP contribution in [-0.2, 0) is 19.1 Å². The lowest BCUT2D eigenvalue weighted by atomic mass is 10.2. The molecule has 1 aliphatic heterocycles. The molecule has 98 valence electrons. The van der Waals surface area contributed by atoms with Crippen LogP contribution in [0.3, 0.4) is 0 Å². The summed E-state index contributed by atoms with van der Waals surface area (Å²) in [5.41, 5.74) is 0. The topological polar surface area (TPSA) is 52.6 Å². The van der Waals surface area contributed by atoms with Gasteiger partial charge in [-0.15, -0.1) is 23.5 Å². The monoisotopic (exact) mass is 278 g/mol. The number of esters is 2. The van der Waals surface area contributed by atoms with Crippen LogP contribution < -0.4 is 0 Å². The highest BCUT2D eigenvalue weighted by atomic mass is 32.2. The molecule has 17 heavy (non-hydrogen) atoms. The molecule has 0 unspecified atom stereocenters. The van der Waals surface area contributed by atoms with Crippen LogP contribution in [0.25, 0.3) is 0 Å². The van der Waals surface area contributed by atoms with Gasteiger partial charge in [-0.3, -0.25) is 9.59 Å². The highest BCUT2D eigenvalue weighted by Gasteiger charge is 2.40. The lowest BCUT2D eigenvalue weighted by Crippen LogP contribution is -2.27. The summed E-state index contributed by atoms with van der Waals surface area (Å²) in [6, 6.07) is 0. The summed E-state index contributed by atoms with van der Waals surface area (Å²) in [6.07, 6.45) is 0.546. The molecular weight excluding hydrogens is 260 g/mol. The van der Waals surface area contributed by atoms with Gasteiger partial charge in [0.1, 0.15) is 0 Å². The average Bonchev–Trinajstić information content (AvgIpc) is 2.66. The van der Waals surface area contributed by atoms with Gasteiger partial charge in [-0.2, -0.15) is 0 Å². The van der Waals surface area contributed by atoms with Crippen LogP contribution in [0.2, 0.25) is 0 Å². The molecule has 1 saturated heterocycles. The molecule has 0 N–H and O–H groups in total. The Balaban J connectivity index is 2.56. The largest absolute Gasteiger partial charge is 0.466 e. The van der Waals surface area contributed by atoms with Crippen molar-refractivity contribution < 1.29 is 19.1 Å². The third-order valence-corrected chi connectivity index (χ3v) is 5.66. The van der Waals surface area contributed by atoms with Gasteiger partial charge >= 0.3 is 11.9 Å². The predicted molar refractivity (Wildman–Crippen MR) is 70.1 cm³/mol. The van der Waals surface area contributed by atoms with Gasteiger partial charge in [0, 0.05) is 11.5 Å². The summed E-state index contributed by atoms with van der Waals surface area (Å²) in [7, 11) is 0. The van der Waals surface area contributed by atoms with Crippen LogP contribution in [0.1, 0.15) is 26.7 Å². The summed E-state index contributed by atoms with van der Waals surface area (Å²) < 4.78 is 9.53. The van der Waals surface area contributed by atoms with Gasteiger partial charge in [0.25, 0.3) is 0 Å². The molecule has 0 saturated carbocycles. The Morgan fingerprint density at radius 2 is 1.41 bits per heavy atom. The molecular formula is C11H18O4S2. The Kier molecular flexibility index (Phi) is 6.19. The van der Waals surface area contributed by atoms with E-state index in [0.29, 0.717) is 13.2 Å². The smallest absolute Gasteiger partial charge is 0.308 e. The van der Waals surface area contributed by atoms with Crippen LogP contribution in [0.5, 0.6) is 0 Å². The van der Waals surface area contributed by atoms with E-state index < -0.39 is 0 Å². The molecule has 0 aromatic carbocycles. The first-order chi connectivity index (χ1) is 8.12. The van der Waals surface area contributed by atoms with Crippen molar-refractivity contribution in [1.82, 2.24) is 0 Å². The Bertz CT molecular complexity index is 253. The van der Waals surface area contributed by atoms with Crippen molar-refractivity contribution >= 4 is 35.5 Å². The zero-order valence-corrected chi connectivity index (χ0v) is 11.8. The van der Waals surface area contributed by atoms with Crippen LogP contribution in [0.4, 0.5) is 0 Å². The molecule has 1 aliphatic rings. The van der Waals surface area contributed by atoms with E-state index in [9.17, 15) is 9.59 Å². The standard InChI is InChI=1S/C11H18O4S2/c1-3-14-9(12)7-11(16-5-6-17-11)8-10(13)15-4-2/h3-8H2,1-2H3. The number of thioether (sulfide) groups is 2. The van der Waals surface area contributed by atoms with E-state index in [1.54, 1.807) is 37.4 Å². The molecule has 6 heteroatoms. The summed E-state index contributed by atoms with van der Waals surface area (Å²) in [5, 5.41) is 0. The highest BCUT2D eigenvalue weighted by Crippen LogP contribution is 2.49. The third-order valence-electron chi connectivity index (χ3n) is 2.25. The van der Waals surface area contributed by atoms with Crippen LogP contribution in [0.15, 0.2) is 0 Å². The first kappa shape index (κ1) is 14.7. The summed E-state index contributed by atoms with van der Waals surface area (Å²) >= 11 is 3.32. The van der Waals surface area contributed by atoms with Crippen LogP contribution in [-0.4, -0.2) is 40.7 Å². The number of carbonyl (C=O) groups is 2. The molecule has 1 rings (SSSR count). The fraction of sp³-hybridized carbons (Fsp3) is 0.818. The fourth-order valence-corrected chi connectivity index (χ4v) is 4.75. The van der Waals surface area contributed by atoms with Gasteiger partial charge < -0.3 is 9.47 Å². The number of rotatable bonds is 6.